The van der Waals surface area contributed by atoms with Crippen LogP contribution in [0.1, 0.15) is 42.6 Å². The highest BCUT2D eigenvalue weighted by Crippen LogP contribution is 2.23. The number of aryl methyl sites for hydroxylation is 2. The Morgan fingerprint density at radius 2 is 2.08 bits per heavy atom. The first-order valence-corrected chi connectivity index (χ1v) is 8.69. The van der Waals surface area contributed by atoms with Gasteiger partial charge in [0.1, 0.15) is 0 Å². The molecule has 1 aliphatic carbocycles. The summed E-state index contributed by atoms with van der Waals surface area (Å²) >= 11 is 0. The molecule has 25 heavy (non-hydrogen) atoms. The lowest BCUT2D eigenvalue weighted by atomic mass is 9.85. The number of nitrogens with two attached hydrogens (primary N) is 1. The summed E-state index contributed by atoms with van der Waals surface area (Å²) in [6, 6.07) is 10.3. The van der Waals surface area contributed by atoms with Gasteiger partial charge in [-0.3, -0.25) is 4.79 Å². The molecule has 1 saturated carbocycles. The number of para-hydroxylation sites is 1. The van der Waals surface area contributed by atoms with Crippen LogP contribution in [0.25, 0.3) is 5.69 Å². The molecule has 2 aromatic rings. The minimum Gasteiger partial charge on any atom is -0.352 e. The van der Waals surface area contributed by atoms with E-state index < -0.39 is 0 Å². The molecule has 3 rings (SSSR count). The molecule has 0 aliphatic heterocycles. The van der Waals surface area contributed by atoms with Crippen molar-refractivity contribution < 1.29 is 4.79 Å². The van der Waals surface area contributed by atoms with Gasteiger partial charge in [-0.05, 0) is 50.8 Å². The first-order valence-electron chi connectivity index (χ1n) is 8.69. The molecule has 6 heteroatoms. The first-order chi connectivity index (χ1) is 11.5. The van der Waals surface area contributed by atoms with Gasteiger partial charge in [-0.15, -0.1) is 12.4 Å². The van der Waals surface area contributed by atoms with Crippen LogP contribution in [0.15, 0.2) is 30.3 Å². The molecule has 1 fully saturated rings. The topological polar surface area (TPSA) is 72.9 Å². The molecule has 2 unspecified atom stereocenters. The molecule has 1 aromatic carbocycles. The third kappa shape index (κ3) is 4.61. The van der Waals surface area contributed by atoms with Gasteiger partial charge in [-0.1, -0.05) is 24.6 Å². The summed E-state index contributed by atoms with van der Waals surface area (Å²) in [6.07, 6.45) is 3.82. The summed E-state index contributed by atoms with van der Waals surface area (Å²) in [6.45, 7) is 4.54. The maximum absolute atomic E-state index is 12.4. The SMILES string of the molecule is Cc1cc(C)n(-c2ccccc2CNC(=O)C2CCCC(N)C2)n1.Cl. The van der Waals surface area contributed by atoms with Crippen molar-refractivity contribution in [3.8, 4) is 5.69 Å². The lowest BCUT2D eigenvalue weighted by Crippen LogP contribution is -2.37. The third-order valence-corrected chi connectivity index (χ3v) is 4.77. The predicted octanol–water partition coefficient (Wildman–Crippen LogP) is 3.04. The molecule has 3 N–H and O–H groups in total. The number of carbonyl (C=O) groups excluding carboxylic acids is 1. The number of hydrogen-bond acceptors (Lipinski definition) is 3. The highest BCUT2D eigenvalue weighted by atomic mass is 35.5. The fraction of sp³-hybridized carbons (Fsp3) is 0.474. The van der Waals surface area contributed by atoms with E-state index in [-0.39, 0.29) is 30.3 Å². The number of amides is 1. The van der Waals surface area contributed by atoms with Gasteiger partial charge in [0, 0.05) is 24.2 Å². The van der Waals surface area contributed by atoms with Crippen molar-refractivity contribution in [1.82, 2.24) is 15.1 Å². The Kier molecular flexibility index (Phi) is 6.62. The van der Waals surface area contributed by atoms with Gasteiger partial charge in [-0.25, -0.2) is 4.68 Å². The molecule has 1 amide bonds. The second-order valence-corrected chi connectivity index (χ2v) is 6.81. The summed E-state index contributed by atoms with van der Waals surface area (Å²) in [5.74, 6) is 0.169. The summed E-state index contributed by atoms with van der Waals surface area (Å²) in [4.78, 5) is 12.4. The van der Waals surface area contributed by atoms with Crippen molar-refractivity contribution in [3.63, 3.8) is 0 Å². The zero-order valence-electron chi connectivity index (χ0n) is 14.9. The monoisotopic (exact) mass is 362 g/mol. The second-order valence-electron chi connectivity index (χ2n) is 6.81. The average molecular weight is 363 g/mol. The summed E-state index contributed by atoms with van der Waals surface area (Å²) in [5.41, 5.74) is 10.2. The Morgan fingerprint density at radius 1 is 1.32 bits per heavy atom. The van der Waals surface area contributed by atoms with Crippen LogP contribution in [0.2, 0.25) is 0 Å². The maximum Gasteiger partial charge on any atom is 0.223 e. The number of rotatable bonds is 4. The zero-order valence-corrected chi connectivity index (χ0v) is 15.7. The van der Waals surface area contributed by atoms with Crippen molar-refractivity contribution in [2.75, 3.05) is 0 Å². The molecule has 2 atom stereocenters. The molecule has 0 radical (unpaired) electrons. The zero-order chi connectivity index (χ0) is 17.1. The summed E-state index contributed by atoms with van der Waals surface area (Å²) in [7, 11) is 0. The number of nitrogens with zero attached hydrogens (tertiary/aromatic N) is 2. The van der Waals surface area contributed by atoms with Crippen LogP contribution in [0, 0.1) is 19.8 Å². The molecule has 0 spiro atoms. The lowest BCUT2D eigenvalue weighted by Gasteiger charge is -2.25. The van der Waals surface area contributed by atoms with Crippen LogP contribution in [0.5, 0.6) is 0 Å². The van der Waals surface area contributed by atoms with Crippen molar-refractivity contribution >= 4 is 18.3 Å². The number of nitrogens with one attached hydrogen (secondary N) is 1. The van der Waals surface area contributed by atoms with Crippen LogP contribution in [0.4, 0.5) is 0 Å². The predicted molar refractivity (Wildman–Crippen MR) is 102 cm³/mol. The quantitative estimate of drug-likeness (QED) is 0.877. The molecule has 0 saturated heterocycles. The van der Waals surface area contributed by atoms with E-state index in [1.807, 2.05) is 42.8 Å². The Bertz CT molecular complexity index is 728. The van der Waals surface area contributed by atoms with E-state index in [9.17, 15) is 4.79 Å². The average Bonchev–Trinajstić information content (AvgIpc) is 2.91. The lowest BCUT2D eigenvalue weighted by molar-refractivity contribution is -0.126. The van der Waals surface area contributed by atoms with Gasteiger partial charge >= 0.3 is 0 Å². The summed E-state index contributed by atoms with van der Waals surface area (Å²) in [5, 5.41) is 7.65. The molecule has 136 valence electrons. The molecular formula is C19H27ClN4O. The van der Waals surface area contributed by atoms with E-state index in [0.29, 0.717) is 6.54 Å². The van der Waals surface area contributed by atoms with Crippen molar-refractivity contribution in [2.45, 2.75) is 52.1 Å². The maximum atomic E-state index is 12.4. The number of hydrogen-bond donors (Lipinski definition) is 2. The van der Waals surface area contributed by atoms with Gasteiger partial charge in [0.25, 0.3) is 0 Å². The molecule has 0 bridgehead atoms. The highest BCUT2D eigenvalue weighted by molar-refractivity contribution is 5.85. The van der Waals surface area contributed by atoms with Gasteiger partial charge in [0.05, 0.1) is 11.4 Å². The van der Waals surface area contributed by atoms with Gasteiger partial charge < -0.3 is 11.1 Å². The van der Waals surface area contributed by atoms with Crippen LogP contribution in [-0.4, -0.2) is 21.7 Å². The number of carbonyl (C=O) groups is 1. The van der Waals surface area contributed by atoms with Crippen molar-refractivity contribution in [2.24, 2.45) is 11.7 Å². The second kappa shape index (κ2) is 8.50. The van der Waals surface area contributed by atoms with E-state index in [1.165, 1.54) is 0 Å². The smallest absolute Gasteiger partial charge is 0.223 e. The molecule has 1 aromatic heterocycles. The van der Waals surface area contributed by atoms with Crippen molar-refractivity contribution in [1.29, 1.82) is 0 Å². The van der Waals surface area contributed by atoms with E-state index >= 15 is 0 Å². The van der Waals surface area contributed by atoms with E-state index in [2.05, 4.69) is 16.5 Å². The fourth-order valence-electron chi connectivity index (χ4n) is 3.53. The van der Waals surface area contributed by atoms with E-state index in [4.69, 9.17) is 5.73 Å². The fourth-order valence-corrected chi connectivity index (χ4v) is 3.53. The van der Waals surface area contributed by atoms with Crippen LogP contribution >= 0.6 is 12.4 Å². The highest BCUT2D eigenvalue weighted by Gasteiger charge is 2.25. The third-order valence-electron chi connectivity index (χ3n) is 4.77. The Hall–Kier alpha value is -1.85. The molecule has 5 nitrogen and oxygen atoms in total. The molecule has 1 aliphatic rings. The van der Waals surface area contributed by atoms with Crippen molar-refractivity contribution in [3.05, 3.63) is 47.3 Å². The molecular weight excluding hydrogens is 336 g/mol. The number of benzene rings is 1. The summed E-state index contributed by atoms with van der Waals surface area (Å²) < 4.78 is 1.94. The van der Waals surface area contributed by atoms with E-state index in [1.54, 1.807) is 0 Å². The van der Waals surface area contributed by atoms with Gasteiger partial charge in [0.15, 0.2) is 0 Å². The van der Waals surface area contributed by atoms with Crippen LogP contribution < -0.4 is 11.1 Å². The van der Waals surface area contributed by atoms with Crippen LogP contribution in [0.3, 0.4) is 0 Å². The Labute approximate surface area is 155 Å². The minimum absolute atomic E-state index is 0. The minimum atomic E-state index is 0. The number of halogens is 1. The van der Waals surface area contributed by atoms with Crippen LogP contribution in [-0.2, 0) is 11.3 Å². The normalized spacial score (nSPS) is 20.0. The number of aromatic nitrogens is 2. The van der Waals surface area contributed by atoms with Gasteiger partial charge in [0.2, 0.25) is 5.91 Å². The Morgan fingerprint density at radius 3 is 2.76 bits per heavy atom. The van der Waals surface area contributed by atoms with E-state index in [0.717, 1.165) is 48.3 Å². The first kappa shape index (κ1) is 19.5. The largest absolute Gasteiger partial charge is 0.352 e. The molecule has 1 heterocycles. The standard InChI is InChI=1S/C19H26N4O.ClH/c1-13-10-14(2)23(22-13)18-9-4-3-6-16(18)12-21-19(24)15-7-5-8-17(20)11-15;/h3-4,6,9-10,15,17H,5,7-8,11-12,20H2,1-2H3,(H,21,24);1H. The van der Waals surface area contributed by atoms with Gasteiger partial charge in [-0.2, -0.15) is 5.10 Å². The Balaban J connectivity index is 0.00000225.